The molecular formula is C18H22ClN3O3S2. The number of halogens is 1. The molecule has 1 saturated heterocycles. The number of rotatable bonds is 8. The van der Waals surface area contributed by atoms with E-state index in [9.17, 15) is 13.2 Å². The molecule has 2 aromatic rings. The van der Waals surface area contributed by atoms with Crippen molar-refractivity contribution in [3.63, 3.8) is 0 Å². The monoisotopic (exact) mass is 427 g/mol. The van der Waals surface area contributed by atoms with Gasteiger partial charge in [-0.25, -0.2) is 13.1 Å². The molecule has 1 aromatic carbocycles. The maximum absolute atomic E-state index is 12.2. The van der Waals surface area contributed by atoms with Crippen LogP contribution in [0.5, 0.6) is 0 Å². The molecule has 0 radical (unpaired) electrons. The fraction of sp³-hybridized carbons (Fsp3) is 0.389. The van der Waals surface area contributed by atoms with Gasteiger partial charge >= 0.3 is 0 Å². The van der Waals surface area contributed by atoms with Gasteiger partial charge in [0.25, 0.3) is 10.0 Å². The molecule has 2 N–H and O–H groups in total. The van der Waals surface area contributed by atoms with Crippen LogP contribution in [-0.4, -0.2) is 45.4 Å². The lowest BCUT2D eigenvalue weighted by Gasteiger charge is -2.28. The molecule has 146 valence electrons. The number of hydrogen-bond acceptors (Lipinski definition) is 5. The Hall–Kier alpha value is -1.45. The predicted octanol–water partition coefficient (Wildman–Crippen LogP) is 2.63. The van der Waals surface area contributed by atoms with Gasteiger partial charge in [-0.3, -0.25) is 9.69 Å². The SMILES string of the molecule is O=C(CNS(=O)(=O)c1cccs1)NCC(c1cccc(Cl)c1)N1CCCC1. The molecule has 0 saturated carbocycles. The number of benzene rings is 1. The van der Waals surface area contributed by atoms with E-state index in [0.29, 0.717) is 11.6 Å². The number of nitrogens with zero attached hydrogens (tertiary/aromatic N) is 1. The third-order valence-corrected chi connectivity index (χ3v) is 7.52. The van der Waals surface area contributed by atoms with Crippen LogP contribution in [-0.2, 0) is 14.8 Å². The molecule has 1 aromatic heterocycles. The highest BCUT2D eigenvalue weighted by Gasteiger charge is 2.24. The topological polar surface area (TPSA) is 78.5 Å². The van der Waals surface area contributed by atoms with Crippen LogP contribution in [0.15, 0.2) is 46.0 Å². The van der Waals surface area contributed by atoms with Gasteiger partial charge in [0.15, 0.2) is 0 Å². The van der Waals surface area contributed by atoms with E-state index in [1.165, 1.54) is 6.07 Å². The summed E-state index contributed by atoms with van der Waals surface area (Å²) in [5.41, 5.74) is 1.05. The molecule has 9 heteroatoms. The average molecular weight is 428 g/mol. The zero-order valence-electron chi connectivity index (χ0n) is 14.7. The maximum atomic E-state index is 12.2. The van der Waals surface area contributed by atoms with Crippen molar-refractivity contribution in [1.82, 2.24) is 14.9 Å². The molecule has 1 amide bonds. The second-order valence-corrected chi connectivity index (χ2v) is 9.75. The van der Waals surface area contributed by atoms with E-state index in [1.807, 2.05) is 24.3 Å². The Balaban J connectivity index is 1.59. The van der Waals surface area contributed by atoms with Gasteiger partial charge in [-0.1, -0.05) is 29.8 Å². The van der Waals surface area contributed by atoms with Gasteiger partial charge in [-0.05, 0) is 55.1 Å². The molecule has 1 unspecified atom stereocenters. The summed E-state index contributed by atoms with van der Waals surface area (Å²) in [6.07, 6.45) is 2.26. The van der Waals surface area contributed by atoms with Crippen molar-refractivity contribution in [3.8, 4) is 0 Å². The van der Waals surface area contributed by atoms with E-state index < -0.39 is 10.0 Å². The first-order chi connectivity index (χ1) is 13.0. The number of nitrogens with one attached hydrogen (secondary N) is 2. The Kier molecular flexibility index (Phi) is 6.88. The largest absolute Gasteiger partial charge is 0.353 e. The molecule has 27 heavy (non-hydrogen) atoms. The molecule has 3 rings (SSSR count). The highest BCUT2D eigenvalue weighted by Crippen LogP contribution is 2.26. The van der Waals surface area contributed by atoms with Crippen molar-refractivity contribution < 1.29 is 13.2 Å². The van der Waals surface area contributed by atoms with Crippen molar-refractivity contribution in [2.24, 2.45) is 0 Å². The minimum atomic E-state index is -3.64. The third-order valence-electron chi connectivity index (χ3n) is 4.49. The van der Waals surface area contributed by atoms with Crippen LogP contribution in [0.2, 0.25) is 5.02 Å². The summed E-state index contributed by atoms with van der Waals surface area (Å²) < 4.78 is 26.7. The Morgan fingerprint density at radius 2 is 2.00 bits per heavy atom. The molecule has 1 atom stereocenters. The lowest BCUT2D eigenvalue weighted by Crippen LogP contribution is -2.41. The summed E-state index contributed by atoms with van der Waals surface area (Å²) in [4.78, 5) is 14.5. The predicted molar refractivity (Wildman–Crippen MR) is 108 cm³/mol. The summed E-state index contributed by atoms with van der Waals surface area (Å²) in [5, 5.41) is 5.19. The number of carbonyl (C=O) groups is 1. The fourth-order valence-corrected chi connectivity index (χ4v) is 5.36. The van der Waals surface area contributed by atoms with E-state index in [4.69, 9.17) is 11.6 Å². The van der Waals surface area contributed by atoms with E-state index >= 15 is 0 Å². The van der Waals surface area contributed by atoms with Gasteiger partial charge in [0.05, 0.1) is 12.6 Å². The van der Waals surface area contributed by atoms with Crippen molar-refractivity contribution in [3.05, 3.63) is 52.4 Å². The van der Waals surface area contributed by atoms with Crippen molar-refractivity contribution in [1.29, 1.82) is 0 Å². The average Bonchev–Trinajstić information content (AvgIpc) is 3.34. The van der Waals surface area contributed by atoms with E-state index in [0.717, 1.165) is 42.8 Å². The smallest absolute Gasteiger partial charge is 0.250 e. The second kappa shape index (κ2) is 9.16. The van der Waals surface area contributed by atoms with Crippen LogP contribution in [0.4, 0.5) is 0 Å². The van der Waals surface area contributed by atoms with Crippen molar-refractivity contribution in [2.75, 3.05) is 26.2 Å². The number of thiophene rings is 1. The lowest BCUT2D eigenvalue weighted by molar-refractivity contribution is -0.120. The Morgan fingerprint density at radius 1 is 1.22 bits per heavy atom. The lowest BCUT2D eigenvalue weighted by atomic mass is 10.1. The quantitative estimate of drug-likeness (QED) is 0.678. The van der Waals surface area contributed by atoms with Crippen LogP contribution < -0.4 is 10.0 Å². The van der Waals surface area contributed by atoms with Gasteiger partial charge < -0.3 is 5.32 Å². The minimum Gasteiger partial charge on any atom is -0.353 e. The molecule has 0 bridgehead atoms. The molecule has 2 heterocycles. The number of carbonyl (C=O) groups excluding carboxylic acids is 1. The summed E-state index contributed by atoms with van der Waals surface area (Å²) in [6.45, 7) is 2.05. The second-order valence-electron chi connectivity index (χ2n) is 6.37. The van der Waals surface area contributed by atoms with Crippen LogP contribution in [0.25, 0.3) is 0 Å². The third kappa shape index (κ3) is 5.52. The summed E-state index contributed by atoms with van der Waals surface area (Å²) in [6, 6.07) is 10.8. The molecule has 0 aliphatic carbocycles. The van der Waals surface area contributed by atoms with E-state index in [1.54, 1.807) is 11.4 Å². The molecular weight excluding hydrogens is 406 g/mol. The van der Waals surface area contributed by atoms with Gasteiger partial charge in [0.1, 0.15) is 4.21 Å². The van der Waals surface area contributed by atoms with Crippen LogP contribution in [0.1, 0.15) is 24.4 Å². The standard InChI is InChI=1S/C18H22ClN3O3S2/c19-15-6-3-5-14(11-15)16(22-8-1-2-9-22)12-20-17(23)13-21-27(24,25)18-7-4-10-26-18/h3-7,10-11,16,21H,1-2,8-9,12-13H2,(H,20,23). The van der Waals surface area contributed by atoms with Gasteiger partial charge in [0, 0.05) is 11.6 Å². The molecule has 0 spiro atoms. The minimum absolute atomic E-state index is 0.0176. The summed E-state index contributed by atoms with van der Waals surface area (Å²) in [5.74, 6) is -0.360. The molecule has 1 aliphatic rings. The molecule has 6 nitrogen and oxygen atoms in total. The zero-order valence-corrected chi connectivity index (χ0v) is 17.1. The van der Waals surface area contributed by atoms with Crippen molar-refractivity contribution >= 4 is 38.9 Å². The Morgan fingerprint density at radius 3 is 2.67 bits per heavy atom. The van der Waals surface area contributed by atoms with E-state index in [2.05, 4.69) is 14.9 Å². The Labute approximate surface area is 168 Å². The molecule has 1 aliphatic heterocycles. The zero-order chi connectivity index (χ0) is 19.3. The number of sulfonamides is 1. The van der Waals surface area contributed by atoms with Crippen LogP contribution in [0.3, 0.4) is 0 Å². The first-order valence-electron chi connectivity index (χ1n) is 8.75. The summed E-state index contributed by atoms with van der Waals surface area (Å²) in [7, 11) is -3.64. The van der Waals surface area contributed by atoms with Gasteiger partial charge in [-0.2, -0.15) is 0 Å². The normalized spacial score (nSPS) is 16.3. The maximum Gasteiger partial charge on any atom is 0.250 e. The number of likely N-dealkylation sites (tertiary alicyclic amines) is 1. The highest BCUT2D eigenvalue weighted by atomic mass is 35.5. The highest BCUT2D eigenvalue weighted by molar-refractivity contribution is 7.91. The van der Waals surface area contributed by atoms with Gasteiger partial charge in [-0.15, -0.1) is 11.3 Å². The van der Waals surface area contributed by atoms with Crippen LogP contribution in [0, 0.1) is 0 Å². The molecule has 1 fully saturated rings. The first-order valence-corrected chi connectivity index (χ1v) is 11.5. The number of hydrogen-bond donors (Lipinski definition) is 2. The van der Waals surface area contributed by atoms with Gasteiger partial charge in [0.2, 0.25) is 5.91 Å². The van der Waals surface area contributed by atoms with Crippen LogP contribution >= 0.6 is 22.9 Å². The summed E-state index contributed by atoms with van der Waals surface area (Å²) >= 11 is 7.24. The van der Waals surface area contributed by atoms with Crippen molar-refractivity contribution in [2.45, 2.75) is 23.1 Å². The van der Waals surface area contributed by atoms with E-state index in [-0.39, 0.29) is 22.7 Å². The number of amides is 1. The fourth-order valence-electron chi connectivity index (χ4n) is 3.15. The Bertz CT molecular complexity index is 866. The first kappa shape index (κ1) is 20.3.